The maximum absolute atomic E-state index is 10.9. The maximum atomic E-state index is 10.9. The van der Waals surface area contributed by atoms with E-state index in [1.807, 2.05) is 30.3 Å². The second-order valence-electron chi connectivity index (χ2n) is 2.06. The minimum atomic E-state index is 0.0937. The molecule has 2 radical (unpaired) electrons. The molecule has 0 unspecified atom stereocenters. The van der Waals surface area contributed by atoms with Crippen LogP contribution in [0.15, 0.2) is 43.0 Å². The number of hydrogen-bond donors (Lipinski definition) is 0. The van der Waals surface area contributed by atoms with E-state index >= 15 is 0 Å². The number of carbonyl (C=O) groups excluding carboxylic acids is 1. The van der Waals surface area contributed by atoms with Gasteiger partial charge in [-0.2, -0.15) is 0 Å². The molecule has 54 valence electrons. The predicted molar refractivity (Wildman–Crippen MR) is 47.0 cm³/mol. The van der Waals surface area contributed by atoms with Crippen LogP contribution >= 0.6 is 0 Å². The quantitative estimate of drug-likeness (QED) is 0.470. The van der Waals surface area contributed by atoms with Gasteiger partial charge in [-0.3, -0.25) is 0 Å². The molecule has 0 atom stereocenters. The van der Waals surface area contributed by atoms with Crippen molar-refractivity contribution < 1.29 is 4.79 Å². The van der Waals surface area contributed by atoms with Crippen LogP contribution in [0.3, 0.4) is 0 Å². The van der Waals surface area contributed by atoms with E-state index in [0.717, 1.165) is 5.19 Å². The van der Waals surface area contributed by atoms with Crippen molar-refractivity contribution >= 4 is 20.1 Å². The summed E-state index contributed by atoms with van der Waals surface area (Å²) in [4.78, 5) is 10.9. The summed E-state index contributed by atoms with van der Waals surface area (Å²) in [5, 5.41) is 1.16. The lowest BCUT2D eigenvalue weighted by molar-refractivity contribution is -0.107. The SMILES string of the molecule is C=CC(=O)[Si]c1ccccc1. The lowest BCUT2D eigenvalue weighted by Gasteiger charge is -1.92. The molecule has 0 saturated carbocycles. The Morgan fingerprint density at radius 2 is 2.00 bits per heavy atom. The van der Waals surface area contributed by atoms with Gasteiger partial charge in [-0.1, -0.05) is 42.1 Å². The Morgan fingerprint density at radius 1 is 1.36 bits per heavy atom. The van der Waals surface area contributed by atoms with E-state index in [1.54, 1.807) is 0 Å². The summed E-state index contributed by atoms with van der Waals surface area (Å²) in [6, 6.07) is 9.68. The molecular formula is C9H8OSi. The van der Waals surface area contributed by atoms with Gasteiger partial charge in [0.2, 0.25) is 0 Å². The zero-order valence-electron chi connectivity index (χ0n) is 6.08. The van der Waals surface area contributed by atoms with Crippen molar-refractivity contribution in [1.29, 1.82) is 0 Å². The third kappa shape index (κ3) is 2.51. The van der Waals surface area contributed by atoms with Crippen LogP contribution in [-0.4, -0.2) is 14.9 Å². The lowest BCUT2D eigenvalue weighted by Crippen LogP contribution is -2.21. The van der Waals surface area contributed by atoms with Crippen LogP contribution in [-0.2, 0) is 4.79 Å². The zero-order valence-corrected chi connectivity index (χ0v) is 7.08. The minimum Gasteiger partial charge on any atom is -0.301 e. The molecule has 1 rings (SSSR count). The van der Waals surface area contributed by atoms with Gasteiger partial charge in [0.1, 0.15) is 5.41 Å². The van der Waals surface area contributed by atoms with E-state index in [0.29, 0.717) is 0 Å². The first-order chi connectivity index (χ1) is 5.33. The van der Waals surface area contributed by atoms with E-state index in [9.17, 15) is 4.79 Å². The number of hydrogen-bond acceptors (Lipinski definition) is 1. The summed E-state index contributed by atoms with van der Waals surface area (Å²) in [6.07, 6.45) is 1.37. The third-order valence-electron chi connectivity index (χ3n) is 1.23. The van der Waals surface area contributed by atoms with Gasteiger partial charge in [-0.15, -0.1) is 0 Å². The highest BCUT2D eigenvalue weighted by molar-refractivity contribution is 6.86. The molecule has 0 aliphatic carbocycles. The number of carbonyl (C=O) groups is 1. The lowest BCUT2D eigenvalue weighted by atomic mass is 10.4. The average Bonchev–Trinajstić information content (AvgIpc) is 2.06. The maximum Gasteiger partial charge on any atom is 0.178 e. The second kappa shape index (κ2) is 3.88. The summed E-state index contributed by atoms with van der Waals surface area (Å²) in [5.74, 6) is 0. The van der Waals surface area contributed by atoms with Crippen molar-refractivity contribution in [1.82, 2.24) is 0 Å². The van der Waals surface area contributed by atoms with E-state index in [4.69, 9.17) is 0 Å². The van der Waals surface area contributed by atoms with Crippen LogP contribution in [0, 0.1) is 0 Å². The van der Waals surface area contributed by atoms with Crippen LogP contribution in [0.25, 0.3) is 0 Å². The Morgan fingerprint density at radius 3 is 2.55 bits per heavy atom. The Labute approximate surface area is 68.6 Å². The molecule has 0 spiro atoms. The molecule has 11 heavy (non-hydrogen) atoms. The Kier molecular flexibility index (Phi) is 2.80. The monoisotopic (exact) mass is 160 g/mol. The molecule has 0 fully saturated rings. The summed E-state index contributed by atoms with van der Waals surface area (Å²) in [6.45, 7) is 3.41. The smallest absolute Gasteiger partial charge is 0.178 e. The van der Waals surface area contributed by atoms with Crippen LogP contribution < -0.4 is 5.19 Å². The van der Waals surface area contributed by atoms with Gasteiger partial charge < -0.3 is 4.79 Å². The third-order valence-corrected chi connectivity index (χ3v) is 2.30. The van der Waals surface area contributed by atoms with Crippen LogP contribution in [0.5, 0.6) is 0 Å². The second-order valence-corrected chi connectivity index (χ2v) is 3.38. The van der Waals surface area contributed by atoms with Gasteiger partial charge in [0.15, 0.2) is 9.52 Å². The standard InChI is InChI=1S/C9H8OSi/c1-2-9(10)11-8-6-4-3-5-7-8/h2-7H,1H2. The summed E-state index contributed by atoms with van der Waals surface area (Å²) in [7, 11) is 0.221. The molecule has 1 nitrogen and oxygen atoms in total. The molecule has 1 aromatic rings. The van der Waals surface area contributed by atoms with Crippen LogP contribution in [0.1, 0.15) is 0 Å². The molecule has 0 saturated heterocycles. The fraction of sp³-hybridized carbons (Fsp3) is 0. The molecule has 0 heterocycles. The summed E-state index contributed by atoms with van der Waals surface area (Å²) < 4.78 is 0. The summed E-state index contributed by atoms with van der Waals surface area (Å²) >= 11 is 0. The van der Waals surface area contributed by atoms with Gasteiger partial charge in [0.25, 0.3) is 0 Å². The van der Waals surface area contributed by atoms with Crippen molar-refractivity contribution in [3.8, 4) is 0 Å². The fourth-order valence-corrected chi connectivity index (χ4v) is 1.46. The first-order valence-corrected chi connectivity index (χ1v) is 4.31. The van der Waals surface area contributed by atoms with Crippen molar-refractivity contribution in [3.63, 3.8) is 0 Å². The molecule has 0 aliphatic rings. The molecule has 2 heteroatoms. The average molecular weight is 160 g/mol. The summed E-state index contributed by atoms with van der Waals surface area (Å²) in [5.41, 5.74) is 0. The molecule has 0 aromatic heterocycles. The first-order valence-electron chi connectivity index (χ1n) is 3.31. The van der Waals surface area contributed by atoms with E-state index < -0.39 is 0 Å². The zero-order chi connectivity index (χ0) is 8.10. The van der Waals surface area contributed by atoms with Gasteiger partial charge in [-0.25, -0.2) is 0 Å². The molecular weight excluding hydrogens is 152 g/mol. The molecule has 0 amide bonds. The highest BCUT2D eigenvalue weighted by atomic mass is 28.2. The Bertz CT molecular complexity index is 254. The topological polar surface area (TPSA) is 17.1 Å². The van der Waals surface area contributed by atoms with Crippen molar-refractivity contribution in [2.75, 3.05) is 0 Å². The van der Waals surface area contributed by atoms with Gasteiger partial charge >= 0.3 is 0 Å². The van der Waals surface area contributed by atoms with Gasteiger partial charge in [0.05, 0.1) is 0 Å². The number of benzene rings is 1. The van der Waals surface area contributed by atoms with Gasteiger partial charge in [0, 0.05) is 0 Å². The van der Waals surface area contributed by atoms with Crippen LogP contribution in [0.2, 0.25) is 0 Å². The van der Waals surface area contributed by atoms with E-state index in [2.05, 4.69) is 6.58 Å². The number of rotatable bonds is 3. The van der Waals surface area contributed by atoms with Crippen molar-refractivity contribution in [2.24, 2.45) is 0 Å². The fourth-order valence-electron chi connectivity index (χ4n) is 0.715. The first kappa shape index (κ1) is 7.95. The highest BCUT2D eigenvalue weighted by Crippen LogP contribution is 1.81. The normalized spacial score (nSPS) is 9.09. The molecule has 0 aliphatic heterocycles. The van der Waals surface area contributed by atoms with E-state index in [-0.39, 0.29) is 14.9 Å². The molecule has 1 aromatic carbocycles. The highest BCUT2D eigenvalue weighted by Gasteiger charge is 1.98. The Hall–Kier alpha value is -1.15. The minimum absolute atomic E-state index is 0.0937. The van der Waals surface area contributed by atoms with E-state index in [1.165, 1.54) is 6.08 Å². The predicted octanol–water partition coefficient (Wildman–Crippen LogP) is 0.729. The van der Waals surface area contributed by atoms with Gasteiger partial charge in [-0.05, 0) is 6.08 Å². The number of allylic oxidation sites excluding steroid dienone is 1. The van der Waals surface area contributed by atoms with Crippen molar-refractivity contribution in [2.45, 2.75) is 0 Å². The Balaban J connectivity index is 2.65. The van der Waals surface area contributed by atoms with Crippen molar-refractivity contribution in [3.05, 3.63) is 43.0 Å². The van der Waals surface area contributed by atoms with Crippen LogP contribution in [0.4, 0.5) is 0 Å². The largest absolute Gasteiger partial charge is 0.301 e. The molecule has 0 N–H and O–H groups in total. The molecule has 0 bridgehead atoms.